The molecule has 3 rings (SSSR count). The van der Waals surface area contributed by atoms with Crippen molar-refractivity contribution < 1.29 is 27.9 Å². The zero-order valence-electron chi connectivity index (χ0n) is 21.5. The van der Waals surface area contributed by atoms with Gasteiger partial charge in [0.1, 0.15) is 0 Å². The van der Waals surface area contributed by atoms with E-state index in [1.165, 1.54) is 18.6 Å². The molecule has 7 heteroatoms. The van der Waals surface area contributed by atoms with Gasteiger partial charge in [0.25, 0.3) is 0 Å². The molecule has 0 heterocycles. The van der Waals surface area contributed by atoms with Gasteiger partial charge in [0.15, 0.2) is 5.78 Å². The summed E-state index contributed by atoms with van der Waals surface area (Å²) < 4.78 is 38.6. The van der Waals surface area contributed by atoms with E-state index in [-0.39, 0.29) is 23.9 Å². The molecule has 1 N–H and O–H groups in total. The molecule has 0 spiro atoms. The van der Waals surface area contributed by atoms with Crippen LogP contribution < -0.4 is 0 Å². The number of hydrogen-bond acceptors (Lipinski definition) is 3. The molecule has 38 heavy (non-hydrogen) atoms. The van der Waals surface area contributed by atoms with Crippen LogP contribution in [0.3, 0.4) is 0 Å². The molecule has 0 aliphatic carbocycles. The predicted molar refractivity (Wildman–Crippen MR) is 146 cm³/mol. The summed E-state index contributed by atoms with van der Waals surface area (Å²) in [5.41, 5.74) is 2.64. The first-order valence-corrected chi connectivity index (χ1v) is 13.8. The topological polar surface area (TPSA) is 54.4 Å². The molecule has 1 unspecified atom stereocenters. The summed E-state index contributed by atoms with van der Waals surface area (Å²) in [5.74, 6) is -0.952. The number of carboxylic acid groups (broad SMARTS) is 1. The molecule has 202 valence electrons. The van der Waals surface area contributed by atoms with Crippen LogP contribution in [0.2, 0.25) is 0 Å². The second kappa shape index (κ2) is 14.2. The first kappa shape index (κ1) is 29.5. The van der Waals surface area contributed by atoms with Crippen LogP contribution >= 0.6 is 11.8 Å². The van der Waals surface area contributed by atoms with Crippen molar-refractivity contribution in [3.05, 3.63) is 89.5 Å². The Kier molecular flexibility index (Phi) is 11.0. The molecule has 0 radical (unpaired) electrons. The maximum atomic E-state index is 12.9. The highest BCUT2D eigenvalue weighted by Crippen LogP contribution is 2.40. The molecule has 0 saturated carbocycles. The Morgan fingerprint density at radius 1 is 0.789 bits per heavy atom. The van der Waals surface area contributed by atoms with Crippen LogP contribution in [-0.2, 0) is 11.0 Å². The van der Waals surface area contributed by atoms with E-state index < -0.39 is 17.7 Å². The third-order valence-corrected chi connectivity index (χ3v) is 7.73. The number of thioether (sulfide) groups is 1. The fraction of sp³-hybridized carbons (Fsp3) is 0.355. The molecular formula is C31H33F3O3S. The summed E-state index contributed by atoms with van der Waals surface area (Å²) >= 11 is 1.74. The lowest BCUT2D eigenvalue weighted by Gasteiger charge is -2.18. The van der Waals surface area contributed by atoms with Gasteiger partial charge in [0.2, 0.25) is 0 Å². The number of carbonyl (C=O) groups is 2. The van der Waals surface area contributed by atoms with E-state index in [4.69, 9.17) is 5.11 Å². The quantitative estimate of drug-likeness (QED) is 0.125. The monoisotopic (exact) mass is 542 g/mol. The van der Waals surface area contributed by atoms with E-state index >= 15 is 0 Å². The number of benzene rings is 3. The summed E-state index contributed by atoms with van der Waals surface area (Å²) in [6.07, 6.45) is 1.74. The molecule has 3 aromatic rings. The fourth-order valence-corrected chi connectivity index (χ4v) is 5.42. The molecule has 0 amide bonds. The van der Waals surface area contributed by atoms with E-state index in [0.717, 1.165) is 59.4 Å². The zero-order valence-corrected chi connectivity index (χ0v) is 22.3. The van der Waals surface area contributed by atoms with Crippen molar-refractivity contribution >= 4 is 23.5 Å². The molecule has 0 bridgehead atoms. The molecule has 3 aromatic carbocycles. The molecule has 0 saturated heterocycles. The van der Waals surface area contributed by atoms with E-state index in [1.54, 1.807) is 11.8 Å². The van der Waals surface area contributed by atoms with Crippen molar-refractivity contribution in [1.29, 1.82) is 0 Å². The van der Waals surface area contributed by atoms with E-state index in [9.17, 15) is 22.8 Å². The normalized spacial score (nSPS) is 12.3. The lowest BCUT2D eigenvalue weighted by atomic mass is 10.0. The van der Waals surface area contributed by atoms with Crippen molar-refractivity contribution in [2.24, 2.45) is 0 Å². The van der Waals surface area contributed by atoms with Crippen molar-refractivity contribution in [2.45, 2.75) is 74.6 Å². The van der Waals surface area contributed by atoms with Crippen LogP contribution in [0.1, 0.15) is 85.0 Å². The Morgan fingerprint density at radius 2 is 1.39 bits per heavy atom. The van der Waals surface area contributed by atoms with Gasteiger partial charge in [-0.2, -0.15) is 13.2 Å². The Bertz CT molecular complexity index is 1170. The molecule has 3 nitrogen and oxygen atoms in total. The van der Waals surface area contributed by atoms with Crippen molar-refractivity contribution in [1.82, 2.24) is 0 Å². The molecule has 1 atom stereocenters. The van der Waals surface area contributed by atoms with Crippen LogP contribution in [0.15, 0.2) is 77.7 Å². The van der Waals surface area contributed by atoms with Gasteiger partial charge in [-0.3, -0.25) is 9.59 Å². The highest BCUT2D eigenvalue weighted by atomic mass is 32.2. The van der Waals surface area contributed by atoms with Crippen LogP contribution in [0.4, 0.5) is 13.2 Å². The number of hydrogen-bond donors (Lipinski definition) is 1. The number of aliphatic carboxylic acids is 1. The minimum Gasteiger partial charge on any atom is -0.481 e. The number of carboxylic acids is 1. The number of carbonyl (C=O) groups excluding carboxylic acids is 1. The number of alkyl halides is 3. The summed E-state index contributed by atoms with van der Waals surface area (Å²) in [6.45, 7) is 2.18. The minimum absolute atomic E-state index is 0.0159. The number of ketones is 1. The van der Waals surface area contributed by atoms with Crippen molar-refractivity contribution in [2.75, 3.05) is 0 Å². The van der Waals surface area contributed by atoms with Gasteiger partial charge in [-0.25, -0.2) is 0 Å². The standard InChI is InChI=1S/C31H33F3O3S/c1-2-3-4-5-8-29(25-12-10-24(11-13-25)28(35)7-6-9-30(36)37)38-27-20-16-23(17-21-27)22-14-18-26(19-15-22)31(32,33)34/h10-21,29H,2-9H2,1H3,(H,36,37). The van der Waals surface area contributed by atoms with Crippen LogP contribution in [0.5, 0.6) is 0 Å². The first-order chi connectivity index (χ1) is 18.2. The van der Waals surface area contributed by atoms with E-state index in [1.807, 2.05) is 48.5 Å². The predicted octanol–water partition coefficient (Wildman–Crippen LogP) is 9.61. The van der Waals surface area contributed by atoms with Gasteiger partial charge in [-0.1, -0.05) is 81.1 Å². The Morgan fingerprint density at radius 3 is 1.95 bits per heavy atom. The second-order valence-corrected chi connectivity index (χ2v) is 10.6. The minimum atomic E-state index is -4.35. The molecule has 0 aliphatic rings. The number of unbranched alkanes of at least 4 members (excludes halogenated alkanes) is 3. The Labute approximate surface area is 226 Å². The number of Topliss-reactive ketones (excluding diaryl/α,β-unsaturated/α-hetero) is 1. The molecule has 0 aromatic heterocycles. The molecular weight excluding hydrogens is 509 g/mol. The maximum absolute atomic E-state index is 12.9. The van der Waals surface area contributed by atoms with Crippen LogP contribution in [0.25, 0.3) is 11.1 Å². The van der Waals surface area contributed by atoms with Gasteiger partial charge in [-0.05, 0) is 53.8 Å². The Hall–Kier alpha value is -3.06. The van der Waals surface area contributed by atoms with Gasteiger partial charge < -0.3 is 5.11 Å². The van der Waals surface area contributed by atoms with Gasteiger partial charge in [0.05, 0.1) is 5.56 Å². The number of rotatable bonds is 14. The van der Waals surface area contributed by atoms with Crippen molar-refractivity contribution in [3.63, 3.8) is 0 Å². The number of halogens is 3. The highest BCUT2D eigenvalue weighted by Gasteiger charge is 2.30. The fourth-order valence-electron chi connectivity index (χ4n) is 4.22. The van der Waals surface area contributed by atoms with Crippen LogP contribution in [0, 0.1) is 0 Å². The maximum Gasteiger partial charge on any atom is 0.416 e. The second-order valence-electron chi connectivity index (χ2n) is 9.35. The van der Waals surface area contributed by atoms with Crippen LogP contribution in [-0.4, -0.2) is 16.9 Å². The SMILES string of the molecule is CCCCCCC(Sc1ccc(-c2ccc(C(F)(F)F)cc2)cc1)c1ccc(C(=O)CCCC(=O)O)cc1. The lowest BCUT2D eigenvalue weighted by Crippen LogP contribution is -2.03. The average Bonchev–Trinajstić information content (AvgIpc) is 2.90. The molecule has 0 aliphatic heterocycles. The summed E-state index contributed by atoms with van der Waals surface area (Å²) in [6, 6.07) is 20.7. The third-order valence-electron chi connectivity index (χ3n) is 6.40. The average molecular weight is 543 g/mol. The van der Waals surface area contributed by atoms with E-state index in [0.29, 0.717) is 12.0 Å². The van der Waals surface area contributed by atoms with E-state index in [2.05, 4.69) is 6.92 Å². The van der Waals surface area contributed by atoms with Crippen molar-refractivity contribution in [3.8, 4) is 11.1 Å². The molecule has 0 fully saturated rings. The van der Waals surface area contributed by atoms with Gasteiger partial charge >= 0.3 is 12.1 Å². The summed E-state index contributed by atoms with van der Waals surface area (Å²) in [7, 11) is 0. The highest BCUT2D eigenvalue weighted by molar-refractivity contribution is 7.99. The Balaban J connectivity index is 1.70. The van der Waals surface area contributed by atoms with Gasteiger partial charge in [-0.15, -0.1) is 11.8 Å². The summed E-state index contributed by atoms with van der Waals surface area (Å²) in [4.78, 5) is 24.2. The zero-order chi connectivity index (χ0) is 27.5. The summed E-state index contributed by atoms with van der Waals surface area (Å²) in [5, 5.41) is 8.97. The first-order valence-electron chi connectivity index (χ1n) is 13.0. The third kappa shape index (κ3) is 9.05. The van der Waals surface area contributed by atoms with Gasteiger partial charge in [0, 0.05) is 28.6 Å². The largest absolute Gasteiger partial charge is 0.481 e. The smallest absolute Gasteiger partial charge is 0.416 e. The lowest BCUT2D eigenvalue weighted by molar-refractivity contribution is -0.138.